The van der Waals surface area contributed by atoms with E-state index in [1.54, 1.807) is 7.11 Å². The summed E-state index contributed by atoms with van der Waals surface area (Å²) < 4.78 is 5.08. The molecular weight excluding hydrogens is 192 g/mol. The fourth-order valence-corrected chi connectivity index (χ4v) is 1.51. The molecule has 0 aromatic heterocycles. The van der Waals surface area contributed by atoms with Crippen LogP contribution in [0, 0.1) is 0 Å². The Morgan fingerprint density at radius 2 is 2.20 bits per heavy atom. The zero-order chi connectivity index (χ0) is 10.7. The monoisotopic (exact) mass is 206 g/mol. The van der Waals surface area contributed by atoms with Crippen molar-refractivity contribution >= 4 is 5.71 Å². The lowest BCUT2D eigenvalue weighted by atomic mass is 10.1. The van der Waals surface area contributed by atoms with Crippen LogP contribution >= 0.6 is 0 Å². The molecule has 0 aliphatic carbocycles. The van der Waals surface area contributed by atoms with Crippen molar-refractivity contribution in [3.05, 3.63) is 29.8 Å². The van der Waals surface area contributed by atoms with Gasteiger partial charge in [0.1, 0.15) is 11.9 Å². The largest absolute Gasteiger partial charge is 0.497 e. The number of methoxy groups -OCH3 is 1. The van der Waals surface area contributed by atoms with E-state index in [2.05, 4.69) is 5.16 Å². The molecule has 0 radical (unpaired) electrons. The molecule has 0 saturated carbocycles. The van der Waals surface area contributed by atoms with E-state index in [1.165, 1.54) is 0 Å². The summed E-state index contributed by atoms with van der Waals surface area (Å²) in [5, 5.41) is 4.01. The van der Waals surface area contributed by atoms with Crippen LogP contribution in [-0.4, -0.2) is 25.5 Å². The van der Waals surface area contributed by atoms with E-state index in [4.69, 9.17) is 15.3 Å². The van der Waals surface area contributed by atoms with E-state index in [1.807, 2.05) is 24.3 Å². The van der Waals surface area contributed by atoms with Crippen molar-refractivity contribution in [3.63, 3.8) is 0 Å². The quantitative estimate of drug-likeness (QED) is 0.807. The Kier molecular flexibility index (Phi) is 2.87. The predicted molar refractivity (Wildman–Crippen MR) is 58.1 cm³/mol. The molecule has 0 bridgehead atoms. The van der Waals surface area contributed by atoms with Crippen LogP contribution in [0.3, 0.4) is 0 Å². The third kappa shape index (κ3) is 2.10. The van der Waals surface area contributed by atoms with Gasteiger partial charge in [-0.2, -0.15) is 0 Å². The van der Waals surface area contributed by atoms with Crippen LogP contribution in [0.4, 0.5) is 0 Å². The number of hydrogen-bond acceptors (Lipinski definition) is 4. The molecule has 4 heteroatoms. The lowest BCUT2D eigenvalue weighted by Crippen LogP contribution is -2.20. The van der Waals surface area contributed by atoms with E-state index < -0.39 is 0 Å². The van der Waals surface area contributed by atoms with Gasteiger partial charge in [-0.05, 0) is 29.8 Å². The average Bonchev–Trinajstić information content (AvgIpc) is 2.78. The molecule has 15 heavy (non-hydrogen) atoms. The molecule has 80 valence electrons. The topological polar surface area (TPSA) is 56.8 Å². The predicted octanol–water partition coefficient (Wildman–Crippen LogP) is 1.15. The van der Waals surface area contributed by atoms with Crippen LogP contribution in [0.15, 0.2) is 29.4 Å². The summed E-state index contributed by atoms with van der Waals surface area (Å²) in [6, 6.07) is 7.76. The highest BCUT2D eigenvalue weighted by atomic mass is 16.6. The molecule has 4 nitrogen and oxygen atoms in total. The summed E-state index contributed by atoms with van der Waals surface area (Å²) in [5.74, 6) is 0.841. The van der Waals surface area contributed by atoms with Crippen molar-refractivity contribution in [1.29, 1.82) is 0 Å². The van der Waals surface area contributed by atoms with E-state index in [9.17, 15) is 0 Å². The molecule has 1 aliphatic rings. The summed E-state index contributed by atoms with van der Waals surface area (Å²) in [5.41, 5.74) is 7.52. The molecule has 1 heterocycles. The maximum Gasteiger partial charge on any atom is 0.145 e. The summed E-state index contributed by atoms with van der Waals surface area (Å²) in [6.45, 7) is 0.503. The Labute approximate surface area is 88.7 Å². The second-order valence-corrected chi connectivity index (χ2v) is 3.43. The van der Waals surface area contributed by atoms with E-state index in [0.717, 1.165) is 23.4 Å². The van der Waals surface area contributed by atoms with Crippen LogP contribution in [0.2, 0.25) is 0 Å². The second kappa shape index (κ2) is 4.31. The molecule has 0 saturated heterocycles. The van der Waals surface area contributed by atoms with Crippen LogP contribution in [0.25, 0.3) is 0 Å². The van der Waals surface area contributed by atoms with Gasteiger partial charge in [0.05, 0.1) is 12.8 Å². The molecule has 1 aromatic carbocycles. The number of ether oxygens (including phenoxy) is 1. The third-order valence-electron chi connectivity index (χ3n) is 2.42. The van der Waals surface area contributed by atoms with Gasteiger partial charge >= 0.3 is 0 Å². The fourth-order valence-electron chi connectivity index (χ4n) is 1.51. The van der Waals surface area contributed by atoms with Gasteiger partial charge in [0.15, 0.2) is 0 Å². The first-order valence-corrected chi connectivity index (χ1v) is 4.90. The zero-order valence-corrected chi connectivity index (χ0v) is 8.64. The number of rotatable bonds is 3. The Balaban J connectivity index is 2.10. The molecule has 0 unspecified atom stereocenters. The Bertz CT molecular complexity index is 359. The lowest BCUT2D eigenvalue weighted by molar-refractivity contribution is 0.0918. The molecule has 2 N–H and O–H groups in total. The van der Waals surface area contributed by atoms with Crippen LogP contribution in [0.1, 0.15) is 12.0 Å². The first-order valence-electron chi connectivity index (χ1n) is 4.90. The van der Waals surface area contributed by atoms with E-state index >= 15 is 0 Å². The SMILES string of the molecule is COc1ccc(C2=NO[C@H](CN)C2)cc1. The Morgan fingerprint density at radius 3 is 2.73 bits per heavy atom. The molecule has 1 aromatic rings. The fraction of sp³-hybridized carbons (Fsp3) is 0.364. The first kappa shape index (κ1) is 9.98. The minimum absolute atomic E-state index is 0.0297. The van der Waals surface area contributed by atoms with Gasteiger partial charge in [-0.15, -0.1) is 0 Å². The normalized spacial score (nSPS) is 19.6. The summed E-state index contributed by atoms with van der Waals surface area (Å²) >= 11 is 0. The number of nitrogens with two attached hydrogens (primary N) is 1. The van der Waals surface area contributed by atoms with Crippen molar-refractivity contribution in [2.45, 2.75) is 12.5 Å². The van der Waals surface area contributed by atoms with E-state index in [-0.39, 0.29) is 6.10 Å². The van der Waals surface area contributed by atoms with Gasteiger partial charge < -0.3 is 15.3 Å². The van der Waals surface area contributed by atoms with E-state index in [0.29, 0.717) is 6.54 Å². The highest BCUT2D eigenvalue weighted by Gasteiger charge is 2.20. The molecule has 2 rings (SSSR count). The minimum Gasteiger partial charge on any atom is -0.497 e. The van der Waals surface area contributed by atoms with Gasteiger partial charge in [0.25, 0.3) is 0 Å². The summed E-state index contributed by atoms with van der Waals surface area (Å²) in [6.07, 6.45) is 0.810. The van der Waals surface area contributed by atoms with Crippen molar-refractivity contribution in [1.82, 2.24) is 0 Å². The average molecular weight is 206 g/mol. The summed E-state index contributed by atoms with van der Waals surface area (Å²) in [7, 11) is 1.65. The number of nitrogens with zero attached hydrogens (tertiary/aromatic N) is 1. The maximum absolute atomic E-state index is 5.50. The van der Waals surface area contributed by atoms with Gasteiger partial charge in [0, 0.05) is 13.0 Å². The maximum atomic E-state index is 5.50. The molecule has 0 amide bonds. The molecular formula is C11H14N2O2. The van der Waals surface area contributed by atoms with Gasteiger partial charge in [-0.25, -0.2) is 0 Å². The first-order chi connectivity index (χ1) is 7.33. The van der Waals surface area contributed by atoms with Crippen molar-refractivity contribution in [3.8, 4) is 5.75 Å². The number of benzene rings is 1. The highest BCUT2D eigenvalue weighted by Crippen LogP contribution is 2.18. The highest BCUT2D eigenvalue weighted by molar-refractivity contribution is 6.01. The second-order valence-electron chi connectivity index (χ2n) is 3.43. The van der Waals surface area contributed by atoms with Crippen LogP contribution < -0.4 is 10.5 Å². The smallest absolute Gasteiger partial charge is 0.145 e. The minimum atomic E-state index is 0.0297. The van der Waals surface area contributed by atoms with Crippen LogP contribution in [0.5, 0.6) is 5.75 Å². The third-order valence-corrected chi connectivity index (χ3v) is 2.42. The van der Waals surface area contributed by atoms with Gasteiger partial charge in [-0.1, -0.05) is 5.16 Å². The summed E-state index contributed by atoms with van der Waals surface area (Å²) in [4.78, 5) is 5.16. The van der Waals surface area contributed by atoms with Gasteiger partial charge in [0.2, 0.25) is 0 Å². The van der Waals surface area contributed by atoms with Crippen molar-refractivity contribution < 1.29 is 9.57 Å². The molecule has 1 aliphatic heterocycles. The Morgan fingerprint density at radius 1 is 1.47 bits per heavy atom. The Hall–Kier alpha value is -1.55. The van der Waals surface area contributed by atoms with Crippen molar-refractivity contribution in [2.24, 2.45) is 10.9 Å². The zero-order valence-electron chi connectivity index (χ0n) is 8.64. The number of hydrogen-bond donors (Lipinski definition) is 1. The van der Waals surface area contributed by atoms with Gasteiger partial charge in [-0.3, -0.25) is 0 Å². The van der Waals surface area contributed by atoms with Crippen molar-refractivity contribution in [2.75, 3.05) is 13.7 Å². The molecule has 0 spiro atoms. The van der Waals surface area contributed by atoms with Crippen LogP contribution in [-0.2, 0) is 4.84 Å². The molecule has 1 atom stereocenters. The standard InChI is InChI=1S/C11H14N2O2/c1-14-9-4-2-8(3-5-9)11-6-10(7-12)15-13-11/h2-5,10H,6-7,12H2,1H3/t10-/m0/s1. The number of oxime groups is 1. The lowest BCUT2D eigenvalue weighted by Gasteiger charge is -2.03. The molecule has 0 fully saturated rings.